The van der Waals surface area contributed by atoms with Crippen molar-refractivity contribution in [1.29, 1.82) is 0 Å². The first kappa shape index (κ1) is 50.9. The fourth-order valence-electron chi connectivity index (χ4n) is 8.26. The van der Waals surface area contributed by atoms with E-state index in [2.05, 4.69) is 20.8 Å². The van der Waals surface area contributed by atoms with Crippen LogP contribution in [0.25, 0.3) is 0 Å². The lowest BCUT2D eigenvalue weighted by atomic mass is 10.0. The minimum absolute atomic E-state index is 0.193. The van der Waals surface area contributed by atoms with Gasteiger partial charge in [-0.05, 0) is 38.5 Å². The second kappa shape index (κ2) is 39.6. The van der Waals surface area contributed by atoms with E-state index in [1.807, 2.05) is 0 Å². The molecule has 0 aromatic heterocycles. The van der Waals surface area contributed by atoms with Crippen LogP contribution < -0.4 is 0 Å². The Labute approximate surface area is 323 Å². The predicted octanol–water partition coefficient (Wildman–Crippen LogP) is 15.6. The molecule has 0 aromatic rings. The molecule has 0 aliphatic carbocycles. The van der Waals surface area contributed by atoms with Gasteiger partial charge in [0.1, 0.15) is 10.1 Å². The van der Waals surface area contributed by atoms with Crippen molar-refractivity contribution in [2.75, 3.05) is 25.5 Å². The van der Waals surface area contributed by atoms with Crippen molar-refractivity contribution in [3.8, 4) is 0 Å². The molecule has 0 saturated heterocycles. The van der Waals surface area contributed by atoms with E-state index in [4.69, 9.17) is 0 Å². The van der Waals surface area contributed by atoms with E-state index >= 15 is 0 Å². The second-order valence-corrected chi connectivity index (χ2v) is 18.3. The summed E-state index contributed by atoms with van der Waals surface area (Å²) in [6.45, 7) is 9.46. The third kappa shape index (κ3) is 39.4. The van der Waals surface area contributed by atoms with Gasteiger partial charge in [0.05, 0.1) is 19.6 Å². The number of nitrogens with zero attached hydrogens (tertiary/aromatic N) is 1. The van der Waals surface area contributed by atoms with Crippen LogP contribution >= 0.6 is 0 Å². The molecule has 0 amide bonds. The first-order valence-corrected chi connectivity index (χ1v) is 25.3. The highest BCUT2D eigenvalue weighted by molar-refractivity contribution is 7.85. The molecule has 0 rings (SSSR count). The van der Waals surface area contributed by atoms with Crippen molar-refractivity contribution in [2.24, 2.45) is 0 Å². The Balaban J connectivity index is 4.59. The van der Waals surface area contributed by atoms with E-state index in [1.165, 1.54) is 231 Å². The summed E-state index contributed by atoms with van der Waals surface area (Å²) < 4.78 is 37.4. The normalized spacial score (nSPS) is 12.3. The van der Waals surface area contributed by atoms with Crippen molar-refractivity contribution < 1.29 is 17.5 Å². The Hall–Kier alpha value is -0.130. The number of hydrogen-bond donors (Lipinski definition) is 0. The van der Waals surface area contributed by atoms with Gasteiger partial charge in [-0.3, -0.25) is 0 Å². The van der Waals surface area contributed by atoms with Gasteiger partial charge in [-0.2, -0.15) is 0 Å². The van der Waals surface area contributed by atoms with Crippen LogP contribution in [0.1, 0.15) is 271 Å². The summed E-state index contributed by atoms with van der Waals surface area (Å²) in [4.78, 5) is 0. The van der Waals surface area contributed by atoms with Gasteiger partial charge < -0.3 is 9.04 Å². The van der Waals surface area contributed by atoms with Gasteiger partial charge in [-0.25, -0.2) is 8.42 Å². The molecule has 0 N–H and O–H groups in total. The molecule has 0 atom stereocenters. The molecule has 0 aliphatic rings. The lowest BCUT2D eigenvalue weighted by Crippen LogP contribution is -2.53. The number of hydrogen-bond acceptors (Lipinski definition) is 3. The standard InChI is InChI=1S/C46H95NO3S/c1-4-7-10-13-16-19-22-25-28-31-34-37-40-43-47(46-51(48,49)50,44-41-38-35-32-29-26-23-20-17-14-11-8-5-2)45-42-39-36-33-30-27-24-21-18-15-12-9-6-3/h4-46H2,1-3H3. The van der Waals surface area contributed by atoms with Crippen LogP contribution in [0.3, 0.4) is 0 Å². The van der Waals surface area contributed by atoms with Gasteiger partial charge in [-0.15, -0.1) is 0 Å². The highest BCUT2D eigenvalue weighted by Gasteiger charge is 2.29. The van der Waals surface area contributed by atoms with Crippen molar-refractivity contribution in [3.05, 3.63) is 0 Å². The molecule has 0 bridgehead atoms. The zero-order valence-electron chi connectivity index (χ0n) is 35.5. The first-order chi connectivity index (χ1) is 24.9. The summed E-state index contributed by atoms with van der Waals surface area (Å²) in [6, 6.07) is 0. The average molecular weight is 742 g/mol. The second-order valence-electron chi connectivity index (χ2n) is 16.9. The van der Waals surface area contributed by atoms with E-state index in [0.717, 1.165) is 38.9 Å². The molecule has 0 aromatic carbocycles. The molecule has 0 radical (unpaired) electrons. The van der Waals surface area contributed by atoms with Gasteiger partial charge in [0.15, 0.2) is 5.88 Å². The van der Waals surface area contributed by atoms with Crippen LogP contribution in [0.2, 0.25) is 0 Å². The third-order valence-corrected chi connectivity index (χ3v) is 12.5. The monoisotopic (exact) mass is 742 g/mol. The van der Waals surface area contributed by atoms with Crippen LogP contribution in [0.5, 0.6) is 0 Å². The number of quaternary nitrogens is 1. The largest absolute Gasteiger partial charge is 0.744 e. The van der Waals surface area contributed by atoms with E-state index < -0.39 is 10.1 Å². The summed E-state index contributed by atoms with van der Waals surface area (Å²) in [5, 5.41) is 0. The van der Waals surface area contributed by atoms with Gasteiger partial charge >= 0.3 is 0 Å². The molecule has 51 heavy (non-hydrogen) atoms. The Morgan fingerprint density at radius 1 is 0.294 bits per heavy atom. The van der Waals surface area contributed by atoms with Gasteiger partial charge in [0, 0.05) is 0 Å². The van der Waals surface area contributed by atoms with Crippen molar-refractivity contribution in [1.82, 2.24) is 0 Å². The van der Waals surface area contributed by atoms with Gasteiger partial charge in [0.25, 0.3) is 0 Å². The van der Waals surface area contributed by atoms with E-state index in [1.54, 1.807) is 0 Å². The lowest BCUT2D eigenvalue weighted by molar-refractivity contribution is -0.918. The molecule has 0 unspecified atom stereocenters. The smallest absolute Gasteiger partial charge is 0.169 e. The van der Waals surface area contributed by atoms with Crippen LogP contribution in [-0.4, -0.2) is 43.0 Å². The third-order valence-electron chi connectivity index (χ3n) is 11.6. The Morgan fingerprint density at radius 3 is 0.608 bits per heavy atom. The Kier molecular flexibility index (Phi) is 39.5. The quantitative estimate of drug-likeness (QED) is 0.0355. The summed E-state index contributed by atoms with van der Waals surface area (Å²) in [6.07, 6.45) is 51.5. The van der Waals surface area contributed by atoms with Gasteiger partial charge in [-0.1, -0.05) is 233 Å². The minimum Gasteiger partial charge on any atom is -0.744 e. The fourth-order valence-corrected chi connectivity index (χ4v) is 9.32. The fraction of sp³-hybridized carbons (Fsp3) is 1.00. The summed E-state index contributed by atoms with van der Waals surface area (Å²) in [7, 11) is -4.26. The molecule has 0 spiro atoms. The summed E-state index contributed by atoms with van der Waals surface area (Å²) >= 11 is 0. The zero-order chi connectivity index (χ0) is 37.4. The maximum absolute atomic E-state index is 12.3. The van der Waals surface area contributed by atoms with Crippen LogP contribution in [0.4, 0.5) is 0 Å². The molecule has 308 valence electrons. The average Bonchev–Trinajstić information content (AvgIpc) is 3.10. The van der Waals surface area contributed by atoms with E-state index in [9.17, 15) is 13.0 Å². The predicted molar refractivity (Wildman–Crippen MR) is 227 cm³/mol. The Morgan fingerprint density at radius 2 is 0.451 bits per heavy atom. The highest BCUT2D eigenvalue weighted by Crippen LogP contribution is 2.21. The summed E-state index contributed by atoms with van der Waals surface area (Å²) in [5.41, 5.74) is 0. The van der Waals surface area contributed by atoms with Crippen molar-refractivity contribution >= 4 is 10.1 Å². The number of unbranched alkanes of at least 4 members (excludes halogenated alkanes) is 36. The van der Waals surface area contributed by atoms with Crippen molar-refractivity contribution in [2.45, 2.75) is 271 Å². The molecule has 0 heterocycles. The van der Waals surface area contributed by atoms with E-state index in [-0.39, 0.29) is 5.88 Å². The SMILES string of the molecule is CCCCCCCCCCCCCCC[N+](CCCCCCCCCCCCCCC)(CCCCCCCCCCCCCCC)CS(=O)(=O)[O-]. The molecule has 5 heteroatoms. The minimum atomic E-state index is -4.26. The molecule has 0 fully saturated rings. The maximum atomic E-state index is 12.3. The molecule has 0 saturated carbocycles. The molecular formula is C46H95NO3S. The first-order valence-electron chi connectivity index (χ1n) is 23.7. The highest BCUT2D eigenvalue weighted by atomic mass is 32.2. The number of rotatable bonds is 44. The van der Waals surface area contributed by atoms with E-state index in [0.29, 0.717) is 4.48 Å². The van der Waals surface area contributed by atoms with Crippen LogP contribution in [0.15, 0.2) is 0 Å². The molecule has 4 nitrogen and oxygen atoms in total. The Bertz CT molecular complexity index is 696. The topological polar surface area (TPSA) is 57.2 Å². The zero-order valence-corrected chi connectivity index (χ0v) is 36.3. The molecular weight excluding hydrogens is 647 g/mol. The molecule has 0 aliphatic heterocycles. The van der Waals surface area contributed by atoms with Crippen molar-refractivity contribution in [3.63, 3.8) is 0 Å². The van der Waals surface area contributed by atoms with Crippen LogP contribution in [0, 0.1) is 0 Å². The van der Waals surface area contributed by atoms with Gasteiger partial charge in [0.2, 0.25) is 0 Å². The lowest BCUT2D eigenvalue weighted by Gasteiger charge is -2.39. The maximum Gasteiger partial charge on any atom is 0.169 e. The van der Waals surface area contributed by atoms with Crippen LogP contribution in [-0.2, 0) is 10.1 Å². The summed E-state index contributed by atoms with van der Waals surface area (Å²) in [5.74, 6) is -0.193.